The molecule has 4 rings (SSSR count). The molecule has 4 aromatic rings. The van der Waals surface area contributed by atoms with Crippen molar-refractivity contribution in [3.8, 4) is 17.3 Å². The van der Waals surface area contributed by atoms with E-state index in [1.165, 1.54) is 24.2 Å². The predicted molar refractivity (Wildman–Crippen MR) is 161 cm³/mol. The Morgan fingerprint density at radius 1 is 1.09 bits per heavy atom. The molecule has 4 N–H and O–H groups in total. The van der Waals surface area contributed by atoms with Crippen LogP contribution in [0.5, 0.6) is 11.6 Å². The minimum atomic E-state index is -0.895. The number of hydrogen-bond acceptors (Lipinski definition) is 11. The van der Waals surface area contributed by atoms with E-state index in [0.29, 0.717) is 17.1 Å². The Morgan fingerprint density at radius 2 is 1.82 bits per heavy atom. The fraction of sp³-hybridized carbons (Fsp3) is 0.333. The lowest BCUT2D eigenvalue weighted by molar-refractivity contribution is -0.155. The Balaban J connectivity index is 1.71. The van der Waals surface area contributed by atoms with Gasteiger partial charge in [0.1, 0.15) is 22.9 Å². The van der Waals surface area contributed by atoms with Crippen LogP contribution in [0.15, 0.2) is 55.0 Å². The molecule has 0 unspecified atom stereocenters. The van der Waals surface area contributed by atoms with Gasteiger partial charge in [-0.05, 0) is 56.5 Å². The SMILES string of the molecule is COc1ccc([C@@H](Nc2nc(Nc3cnc(OC)c(-n4ccnn4)c3)c(C(N)=O)cc2F)[C@H](C)CC(=O)OC(C)(C)C)cc1. The molecule has 0 aliphatic heterocycles. The van der Waals surface area contributed by atoms with Crippen LogP contribution in [0.25, 0.3) is 5.69 Å². The lowest BCUT2D eigenvalue weighted by Crippen LogP contribution is -2.28. The number of pyridine rings is 2. The van der Waals surface area contributed by atoms with Crippen LogP contribution in [0.4, 0.5) is 21.7 Å². The minimum absolute atomic E-state index is 0.0221. The molecule has 13 nitrogen and oxygen atoms in total. The van der Waals surface area contributed by atoms with Gasteiger partial charge in [-0.25, -0.2) is 19.0 Å². The average Bonchev–Trinajstić information content (AvgIpc) is 3.51. The Morgan fingerprint density at radius 3 is 2.41 bits per heavy atom. The van der Waals surface area contributed by atoms with Crippen LogP contribution in [-0.2, 0) is 9.53 Å². The summed E-state index contributed by atoms with van der Waals surface area (Å²) in [7, 11) is 3.01. The van der Waals surface area contributed by atoms with E-state index in [4.69, 9.17) is 19.9 Å². The van der Waals surface area contributed by atoms with Crippen LogP contribution in [-0.4, -0.2) is 56.7 Å². The van der Waals surface area contributed by atoms with E-state index in [1.807, 2.05) is 19.1 Å². The third kappa shape index (κ3) is 7.76. The lowest BCUT2D eigenvalue weighted by atomic mass is 9.91. The van der Waals surface area contributed by atoms with Crippen molar-refractivity contribution in [3.05, 3.63) is 71.9 Å². The number of ether oxygens (including phenoxy) is 3. The molecule has 0 spiro atoms. The van der Waals surface area contributed by atoms with Crippen LogP contribution in [0.2, 0.25) is 0 Å². The zero-order chi connectivity index (χ0) is 32.0. The molecular weight excluding hydrogens is 571 g/mol. The van der Waals surface area contributed by atoms with Gasteiger partial charge in [-0.15, -0.1) is 5.10 Å². The number of hydrogen-bond donors (Lipinski definition) is 3. The van der Waals surface area contributed by atoms with Crippen molar-refractivity contribution in [3.63, 3.8) is 0 Å². The van der Waals surface area contributed by atoms with E-state index in [0.717, 1.165) is 11.6 Å². The van der Waals surface area contributed by atoms with Crippen molar-refractivity contribution in [2.75, 3.05) is 24.9 Å². The van der Waals surface area contributed by atoms with Gasteiger partial charge in [0, 0.05) is 0 Å². The van der Waals surface area contributed by atoms with Crippen LogP contribution >= 0.6 is 0 Å². The molecule has 232 valence electrons. The van der Waals surface area contributed by atoms with E-state index in [9.17, 15) is 9.59 Å². The van der Waals surface area contributed by atoms with E-state index in [2.05, 4.69) is 30.9 Å². The first-order valence-electron chi connectivity index (χ1n) is 13.7. The fourth-order valence-electron chi connectivity index (χ4n) is 4.45. The molecule has 0 aliphatic rings. The average molecular weight is 607 g/mol. The molecule has 0 saturated heterocycles. The molecule has 2 atom stereocenters. The molecule has 44 heavy (non-hydrogen) atoms. The number of primary amides is 1. The molecule has 0 saturated carbocycles. The quantitative estimate of drug-likeness (QED) is 0.193. The smallest absolute Gasteiger partial charge is 0.306 e. The van der Waals surface area contributed by atoms with Crippen molar-refractivity contribution in [2.24, 2.45) is 11.7 Å². The second-order valence-corrected chi connectivity index (χ2v) is 11.0. The molecule has 0 fully saturated rings. The summed E-state index contributed by atoms with van der Waals surface area (Å²) in [4.78, 5) is 33.7. The third-order valence-corrected chi connectivity index (χ3v) is 6.44. The highest BCUT2D eigenvalue weighted by molar-refractivity contribution is 5.98. The normalized spacial score (nSPS) is 12.6. The van der Waals surface area contributed by atoms with Gasteiger partial charge < -0.3 is 30.6 Å². The molecule has 14 heteroatoms. The van der Waals surface area contributed by atoms with Gasteiger partial charge in [-0.2, -0.15) is 0 Å². The molecule has 3 heterocycles. The maximum absolute atomic E-state index is 15.5. The van der Waals surface area contributed by atoms with Crippen LogP contribution in [0.1, 0.15) is 56.1 Å². The zero-order valence-electron chi connectivity index (χ0n) is 25.3. The zero-order valence-corrected chi connectivity index (χ0v) is 25.3. The molecule has 0 bridgehead atoms. The number of nitrogens with zero attached hydrogens (tertiary/aromatic N) is 5. The maximum atomic E-state index is 15.5. The molecule has 0 aliphatic carbocycles. The number of carbonyl (C=O) groups excluding carboxylic acids is 2. The number of nitrogens with two attached hydrogens (primary N) is 1. The van der Waals surface area contributed by atoms with Crippen molar-refractivity contribution < 1.29 is 28.2 Å². The van der Waals surface area contributed by atoms with E-state index in [1.54, 1.807) is 52.3 Å². The molecule has 0 radical (unpaired) electrons. The summed E-state index contributed by atoms with van der Waals surface area (Å²) in [6.45, 7) is 7.21. The number of anilines is 3. The maximum Gasteiger partial charge on any atom is 0.306 e. The Hall–Kier alpha value is -5.27. The van der Waals surface area contributed by atoms with Crippen molar-refractivity contribution in [1.29, 1.82) is 0 Å². The van der Waals surface area contributed by atoms with Gasteiger partial charge in [0.15, 0.2) is 11.6 Å². The lowest BCUT2D eigenvalue weighted by Gasteiger charge is -2.28. The number of nitrogens with one attached hydrogen (secondary N) is 2. The summed E-state index contributed by atoms with van der Waals surface area (Å²) in [6.07, 6.45) is 4.59. The Labute approximate surface area is 253 Å². The topological polar surface area (TPSA) is 168 Å². The van der Waals surface area contributed by atoms with Crippen molar-refractivity contribution in [1.82, 2.24) is 25.0 Å². The standard InChI is InChI=1S/C30H35FN8O5/c1-17(13-24(40)44-30(2,3)4)25(18-7-9-20(42-5)10-8-18)36-28-22(31)15-21(26(32)41)27(37-28)35-19-14-23(29(43-6)33-16-19)39-12-11-34-38-39/h7-12,14-17,25H,13H2,1-6H3,(H2,32,41)(H2,35,36,37)/t17-,25+/m1/s1. The number of benzene rings is 1. The summed E-state index contributed by atoms with van der Waals surface area (Å²) in [6, 6.07) is 9.20. The van der Waals surface area contributed by atoms with E-state index in [-0.39, 0.29) is 35.4 Å². The van der Waals surface area contributed by atoms with Gasteiger partial charge in [0.05, 0.1) is 56.5 Å². The molecule has 1 amide bonds. The molecular formula is C30H35FN8O5. The fourth-order valence-corrected chi connectivity index (χ4v) is 4.45. The highest BCUT2D eigenvalue weighted by atomic mass is 19.1. The number of rotatable bonds is 12. The number of halogens is 1. The number of carbonyl (C=O) groups is 2. The van der Waals surface area contributed by atoms with Gasteiger partial charge in [0.25, 0.3) is 5.91 Å². The van der Waals surface area contributed by atoms with Crippen molar-refractivity contribution in [2.45, 2.75) is 45.8 Å². The summed E-state index contributed by atoms with van der Waals surface area (Å²) < 4.78 is 33.1. The summed E-state index contributed by atoms with van der Waals surface area (Å²) in [5, 5.41) is 13.9. The largest absolute Gasteiger partial charge is 0.497 e. The summed E-state index contributed by atoms with van der Waals surface area (Å²) in [5.74, 6) is -1.78. The number of aromatic nitrogens is 5. The Kier molecular flexibility index (Phi) is 9.61. The van der Waals surface area contributed by atoms with Gasteiger partial charge in [-0.1, -0.05) is 24.3 Å². The number of esters is 1. The second-order valence-electron chi connectivity index (χ2n) is 11.0. The summed E-state index contributed by atoms with van der Waals surface area (Å²) >= 11 is 0. The van der Waals surface area contributed by atoms with E-state index >= 15 is 4.39 Å². The molecule has 3 aromatic heterocycles. The highest BCUT2D eigenvalue weighted by Crippen LogP contribution is 2.33. The first-order valence-corrected chi connectivity index (χ1v) is 13.7. The first-order chi connectivity index (χ1) is 20.9. The van der Waals surface area contributed by atoms with Crippen LogP contribution in [0, 0.1) is 11.7 Å². The van der Waals surface area contributed by atoms with Crippen LogP contribution < -0.4 is 25.8 Å². The van der Waals surface area contributed by atoms with Crippen LogP contribution in [0.3, 0.4) is 0 Å². The summed E-state index contributed by atoms with van der Waals surface area (Å²) in [5.41, 5.74) is 6.31. The van der Waals surface area contributed by atoms with Crippen molar-refractivity contribution >= 4 is 29.2 Å². The number of amides is 1. The Bertz CT molecular complexity index is 1610. The van der Waals surface area contributed by atoms with Gasteiger partial charge >= 0.3 is 5.97 Å². The molecule has 1 aromatic carbocycles. The second kappa shape index (κ2) is 13.4. The highest BCUT2D eigenvalue weighted by Gasteiger charge is 2.27. The van der Waals surface area contributed by atoms with E-state index < -0.39 is 29.3 Å². The van der Waals surface area contributed by atoms with Gasteiger partial charge in [0.2, 0.25) is 5.88 Å². The first kappa shape index (κ1) is 31.7. The minimum Gasteiger partial charge on any atom is -0.497 e. The third-order valence-electron chi connectivity index (χ3n) is 6.44. The van der Waals surface area contributed by atoms with Gasteiger partial charge in [-0.3, -0.25) is 9.59 Å². The monoisotopic (exact) mass is 606 g/mol. The number of methoxy groups -OCH3 is 2. The predicted octanol–water partition coefficient (Wildman–Crippen LogP) is 4.58.